The van der Waals surface area contributed by atoms with Crippen LogP contribution in [0.4, 0.5) is 0 Å². The highest BCUT2D eigenvalue weighted by molar-refractivity contribution is 6.32. The lowest BCUT2D eigenvalue weighted by Gasteiger charge is -2.17. The van der Waals surface area contributed by atoms with Crippen molar-refractivity contribution in [2.75, 3.05) is 14.2 Å². The summed E-state index contributed by atoms with van der Waals surface area (Å²) < 4.78 is 12.3. The first-order valence-electron chi connectivity index (χ1n) is 6.67. The number of nitrogens with two attached hydrogens (primary N) is 1. The van der Waals surface area contributed by atoms with Crippen LogP contribution >= 0.6 is 11.6 Å². The fourth-order valence-corrected chi connectivity index (χ4v) is 2.48. The second-order valence-electron chi connectivity index (χ2n) is 4.60. The zero-order chi connectivity index (χ0) is 15.4. The molecule has 2 N–H and O–H groups in total. The predicted octanol–water partition coefficient (Wildman–Crippen LogP) is 2.41. The summed E-state index contributed by atoms with van der Waals surface area (Å²) in [6, 6.07) is 3.21. The van der Waals surface area contributed by atoms with E-state index in [1.165, 1.54) is 0 Å². The maximum atomic E-state index is 6.32. The molecular weight excluding hydrogens is 292 g/mol. The molecule has 0 aliphatic carbocycles. The molecule has 0 saturated carbocycles. The normalized spacial score (nSPS) is 12.2. The van der Waals surface area contributed by atoms with Gasteiger partial charge in [0, 0.05) is 6.54 Å². The van der Waals surface area contributed by atoms with E-state index in [1.54, 1.807) is 31.2 Å². The summed E-state index contributed by atoms with van der Waals surface area (Å²) in [5, 5.41) is 8.43. The number of ether oxygens (including phenoxy) is 2. The summed E-state index contributed by atoms with van der Waals surface area (Å²) in [7, 11) is 3.11. The van der Waals surface area contributed by atoms with Crippen molar-refractivity contribution in [1.29, 1.82) is 0 Å². The van der Waals surface area contributed by atoms with E-state index in [-0.39, 0.29) is 6.04 Å². The number of hydrogen-bond acceptors (Lipinski definition) is 5. The second kappa shape index (κ2) is 6.78. The monoisotopic (exact) mass is 310 g/mol. The van der Waals surface area contributed by atoms with Gasteiger partial charge in [0.25, 0.3) is 0 Å². The third-order valence-corrected chi connectivity index (χ3v) is 3.50. The number of rotatable bonds is 6. The molecule has 2 aromatic rings. The third-order valence-electron chi connectivity index (χ3n) is 3.22. The molecule has 1 unspecified atom stereocenters. The molecule has 0 amide bonds. The first-order chi connectivity index (χ1) is 10.1. The lowest BCUT2D eigenvalue weighted by molar-refractivity contribution is 0.354. The molecule has 114 valence electrons. The number of aromatic nitrogens is 3. The number of nitrogens with zero attached hydrogens (tertiary/aromatic N) is 3. The smallest absolute Gasteiger partial charge is 0.179 e. The Labute approximate surface area is 128 Å². The van der Waals surface area contributed by atoms with E-state index in [0.717, 1.165) is 24.2 Å². The van der Waals surface area contributed by atoms with Crippen LogP contribution in [0, 0.1) is 0 Å². The molecule has 0 aliphatic rings. The molecule has 6 nitrogen and oxygen atoms in total. The van der Waals surface area contributed by atoms with Gasteiger partial charge in [0.1, 0.15) is 0 Å². The number of hydrogen-bond donors (Lipinski definition) is 1. The van der Waals surface area contributed by atoms with Crippen molar-refractivity contribution in [1.82, 2.24) is 15.0 Å². The highest BCUT2D eigenvalue weighted by Crippen LogP contribution is 2.38. The molecule has 0 saturated heterocycles. The lowest BCUT2D eigenvalue weighted by atomic mass is 10.0. The lowest BCUT2D eigenvalue weighted by Crippen LogP contribution is -2.17. The van der Waals surface area contributed by atoms with Crippen LogP contribution in [0.15, 0.2) is 18.3 Å². The minimum absolute atomic E-state index is 0.385. The molecule has 7 heteroatoms. The van der Waals surface area contributed by atoms with E-state index < -0.39 is 0 Å². The Bertz CT molecular complexity index is 615. The van der Waals surface area contributed by atoms with Gasteiger partial charge in [-0.3, -0.25) is 0 Å². The summed E-state index contributed by atoms with van der Waals surface area (Å²) in [5.41, 5.74) is 7.97. The Hall–Kier alpha value is -1.79. The van der Waals surface area contributed by atoms with Gasteiger partial charge in [0.15, 0.2) is 11.5 Å². The average Bonchev–Trinajstić information content (AvgIpc) is 2.94. The van der Waals surface area contributed by atoms with Gasteiger partial charge in [-0.1, -0.05) is 23.7 Å². The molecule has 1 heterocycles. The fraction of sp³-hybridized carbons (Fsp3) is 0.429. The molecular formula is C14H19ClN4O2. The summed E-state index contributed by atoms with van der Waals surface area (Å²) >= 11 is 6.22. The first kappa shape index (κ1) is 15.6. The van der Waals surface area contributed by atoms with Crippen molar-refractivity contribution < 1.29 is 9.47 Å². The van der Waals surface area contributed by atoms with Crippen LogP contribution < -0.4 is 15.2 Å². The zero-order valence-electron chi connectivity index (χ0n) is 12.3. The van der Waals surface area contributed by atoms with Gasteiger partial charge in [-0.25, -0.2) is 4.68 Å². The second-order valence-corrected chi connectivity index (χ2v) is 5.01. The van der Waals surface area contributed by atoms with Crippen LogP contribution in [0.5, 0.6) is 11.5 Å². The third kappa shape index (κ3) is 3.11. The van der Waals surface area contributed by atoms with Gasteiger partial charge < -0.3 is 15.2 Å². The molecule has 1 aromatic carbocycles. The van der Waals surface area contributed by atoms with Crippen molar-refractivity contribution in [3.05, 3.63) is 34.6 Å². The number of methoxy groups -OCH3 is 2. The predicted molar refractivity (Wildman–Crippen MR) is 80.9 cm³/mol. The van der Waals surface area contributed by atoms with Crippen molar-refractivity contribution in [2.24, 2.45) is 5.73 Å². The van der Waals surface area contributed by atoms with E-state index in [2.05, 4.69) is 17.2 Å². The number of aryl methyl sites for hydroxylation is 1. The number of halogens is 1. The summed E-state index contributed by atoms with van der Waals surface area (Å²) in [4.78, 5) is 0. The Morgan fingerprint density at radius 3 is 2.71 bits per heavy atom. The first-order valence-corrected chi connectivity index (χ1v) is 7.05. The van der Waals surface area contributed by atoms with Gasteiger partial charge in [-0.05, 0) is 24.1 Å². The number of benzene rings is 1. The fourth-order valence-electron chi connectivity index (χ4n) is 2.18. The van der Waals surface area contributed by atoms with Gasteiger partial charge in [-0.2, -0.15) is 0 Å². The molecule has 2 rings (SSSR count). The molecule has 21 heavy (non-hydrogen) atoms. The van der Waals surface area contributed by atoms with Gasteiger partial charge in [0.2, 0.25) is 0 Å². The molecule has 0 fully saturated rings. The largest absolute Gasteiger partial charge is 0.493 e. The molecule has 1 atom stereocenters. The highest BCUT2D eigenvalue weighted by Gasteiger charge is 2.19. The molecule has 0 spiro atoms. The quantitative estimate of drug-likeness (QED) is 0.886. The van der Waals surface area contributed by atoms with E-state index in [9.17, 15) is 0 Å². The van der Waals surface area contributed by atoms with Crippen LogP contribution in [0.3, 0.4) is 0 Å². The van der Waals surface area contributed by atoms with E-state index in [0.29, 0.717) is 16.5 Å². The topological polar surface area (TPSA) is 75.2 Å². The van der Waals surface area contributed by atoms with Crippen LogP contribution in [0.1, 0.15) is 30.6 Å². The maximum Gasteiger partial charge on any atom is 0.179 e. The van der Waals surface area contributed by atoms with Crippen molar-refractivity contribution >= 4 is 11.6 Å². The highest BCUT2D eigenvalue weighted by atomic mass is 35.5. The van der Waals surface area contributed by atoms with Crippen LogP contribution in [-0.4, -0.2) is 29.2 Å². The van der Waals surface area contributed by atoms with Crippen LogP contribution in [-0.2, 0) is 6.54 Å². The van der Waals surface area contributed by atoms with Gasteiger partial charge >= 0.3 is 0 Å². The van der Waals surface area contributed by atoms with Crippen LogP contribution in [0.2, 0.25) is 5.02 Å². The van der Waals surface area contributed by atoms with Crippen molar-refractivity contribution in [2.45, 2.75) is 25.9 Å². The standard InChI is InChI=1S/C14H19ClN4O2/c1-4-5-19-11(8-17-18-19)13(16)9-6-10(15)14(21-3)12(7-9)20-2/h6-8,13H,4-5,16H2,1-3H3. The van der Waals surface area contributed by atoms with Gasteiger partial charge in [0.05, 0.1) is 37.2 Å². The van der Waals surface area contributed by atoms with E-state index in [1.807, 2.05) is 6.07 Å². The van der Waals surface area contributed by atoms with Crippen molar-refractivity contribution in [3.8, 4) is 11.5 Å². The SMILES string of the molecule is CCCn1nncc1C(N)c1cc(Cl)c(OC)c(OC)c1. The zero-order valence-corrected chi connectivity index (χ0v) is 13.1. The maximum absolute atomic E-state index is 6.32. The Morgan fingerprint density at radius 2 is 2.10 bits per heavy atom. The van der Waals surface area contributed by atoms with Crippen molar-refractivity contribution in [3.63, 3.8) is 0 Å². The molecule has 1 aromatic heterocycles. The van der Waals surface area contributed by atoms with E-state index >= 15 is 0 Å². The minimum Gasteiger partial charge on any atom is -0.493 e. The Kier molecular flexibility index (Phi) is 5.03. The summed E-state index contributed by atoms with van der Waals surface area (Å²) in [6.07, 6.45) is 2.63. The molecule has 0 radical (unpaired) electrons. The van der Waals surface area contributed by atoms with Gasteiger partial charge in [-0.15, -0.1) is 5.10 Å². The van der Waals surface area contributed by atoms with Crippen LogP contribution in [0.25, 0.3) is 0 Å². The molecule has 0 bridgehead atoms. The summed E-state index contributed by atoms with van der Waals surface area (Å²) in [5.74, 6) is 1.04. The Balaban J connectivity index is 2.41. The Morgan fingerprint density at radius 1 is 1.33 bits per heavy atom. The van der Waals surface area contributed by atoms with E-state index in [4.69, 9.17) is 26.8 Å². The average molecular weight is 311 g/mol. The minimum atomic E-state index is -0.385. The summed E-state index contributed by atoms with van der Waals surface area (Å²) in [6.45, 7) is 2.84. The molecule has 0 aliphatic heterocycles.